The Morgan fingerprint density at radius 3 is 2.47 bits per heavy atom. The van der Waals surface area contributed by atoms with E-state index >= 15 is 0 Å². The van der Waals surface area contributed by atoms with Crippen molar-refractivity contribution in [1.82, 2.24) is 19.9 Å². The zero-order valence-corrected chi connectivity index (χ0v) is 10.4. The number of benzene rings is 1. The van der Waals surface area contributed by atoms with E-state index in [1.165, 1.54) is 17.3 Å². The first kappa shape index (κ1) is 11.9. The van der Waals surface area contributed by atoms with Crippen molar-refractivity contribution in [3.63, 3.8) is 0 Å². The molecule has 0 amide bonds. The van der Waals surface area contributed by atoms with Crippen molar-refractivity contribution < 1.29 is 9.90 Å². The Hall–Kier alpha value is -2.21. The molecule has 0 saturated carbocycles. The topological polar surface area (TPSA) is 71.2 Å². The maximum Gasteiger partial charge on any atom is 0.358 e. The molecular weight excluding hydrogens is 244 g/mol. The van der Waals surface area contributed by atoms with Gasteiger partial charge >= 0.3 is 5.97 Å². The molecule has 3 rings (SSSR count). The Kier molecular flexibility index (Phi) is 3.00. The predicted molar refractivity (Wildman–Crippen MR) is 67.5 cm³/mol. The molecule has 0 atom stereocenters. The van der Waals surface area contributed by atoms with E-state index in [9.17, 15) is 4.79 Å². The lowest BCUT2D eigenvalue weighted by Crippen LogP contribution is -2.22. The minimum absolute atomic E-state index is 0.00953. The molecule has 0 radical (unpaired) electrons. The van der Waals surface area contributed by atoms with Crippen molar-refractivity contribution in [3.05, 3.63) is 47.3 Å². The van der Waals surface area contributed by atoms with Crippen LogP contribution in [0.1, 0.15) is 21.6 Å². The molecule has 2 heterocycles. The fourth-order valence-electron chi connectivity index (χ4n) is 2.31. The summed E-state index contributed by atoms with van der Waals surface area (Å²) in [5.41, 5.74) is 2.73. The van der Waals surface area contributed by atoms with E-state index in [0.29, 0.717) is 6.54 Å². The third-order valence-corrected chi connectivity index (χ3v) is 3.31. The highest BCUT2D eigenvalue weighted by Crippen LogP contribution is 2.21. The highest BCUT2D eigenvalue weighted by atomic mass is 16.4. The summed E-state index contributed by atoms with van der Waals surface area (Å²) in [6.45, 7) is 3.36. The van der Waals surface area contributed by atoms with Gasteiger partial charge in [0, 0.05) is 19.6 Å². The molecule has 1 N–H and O–H groups in total. The average molecular weight is 258 g/mol. The number of aromatic nitrogens is 3. The van der Waals surface area contributed by atoms with Crippen molar-refractivity contribution in [3.8, 4) is 0 Å². The maximum atomic E-state index is 10.7. The van der Waals surface area contributed by atoms with Gasteiger partial charge in [-0.15, -0.1) is 5.10 Å². The molecule has 1 aromatic carbocycles. The summed E-state index contributed by atoms with van der Waals surface area (Å²) in [6, 6.07) is 8.40. The number of fused-ring (bicyclic) bond motifs is 1. The lowest BCUT2D eigenvalue weighted by Gasteiger charge is -2.13. The van der Waals surface area contributed by atoms with Gasteiger partial charge in [-0.05, 0) is 11.1 Å². The molecule has 0 bridgehead atoms. The quantitative estimate of drug-likeness (QED) is 0.885. The lowest BCUT2D eigenvalue weighted by atomic mass is 10.1. The Morgan fingerprint density at radius 1 is 1.21 bits per heavy atom. The fraction of sp³-hybridized carbons (Fsp3) is 0.308. The van der Waals surface area contributed by atoms with Gasteiger partial charge < -0.3 is 5.11 Å². The van der Waals surface area contributed by atoms with Gasteiger partial charge in [0.05, 0.1) is 12.7 Å². The Morgan fingerprint density at radius 2 is 1.89 bits per heavy atom. The van der Waals surface area contributed by atoms with Crippen LogP contribution in [0, 0.1) is 0 Å². The molecule has 6 heteroatoms. The predicted octanol–water partition coefficient (Wildman–Crippen LogP) is 0.992. The second kappa shape index (κ2) is 4.81. The number of carboxylic acid groups (broad SMARTS) is 1. The molecule has 2 aromatic rings. The Bertz CT molecular complexity index is 583. The van der Waals surface area contributed by atoms with Crippen molar-refractivity contribution in [2.75, 3.05) is 6.54 Å². The first-order valence-corrected chi connectivity index (χ1v) is 6.15. The van der Waals surface area contributed by atoms with Gasteiger partial charge in [0.25, 0.3) is 0 Å². The molecule has 0 spiro atoms. The number of carboxylic acids is 1. The van der Waals surface area contributed by atoms with Crippen LogP contribution in [0.5, 0.6) is 0 Å². The van der Waals surface area contributed by atoms with E-state index in [-0.39, 0.29) is 5.69 Å². The molecule has 19 heavy (non-hydrogen) atoms. The summed E-state index contributed by atoms with van der Waals surface area (Å²) in [7, 11) is 0. The summed E-state index contributed by atoms with van der Waals surface area (Å²) in [5.74, 6) is -1.04. The summed E-state index contributed by atoms with van der Waals surface area (Å²) in [6.07, 6.45) is 1.46. The summed E-state index contributed by atoms with van der Waals surface area (Å²) in [5, 5.41) is 16.2. The second-order valence-corrected chi connectivity index (χ2v) is 4.65. The van der Waals surface area contributed by atoms with Crippen LogP contribution < -0.4 is 0 Å². The summed E-state index contributed by atoms with van der Waals surface area (Å²) in [4.78, 5) is 13.0. The molecular formula is C13H14N4O2. The van der Waals surface area contributed by atoms with Crippen LogP contribution in [0.25, 0.3) is 0 Å². The number of hydrogen-bond acceptors (Lipinski definition) is 4. The highest BCUT2D eigenvalue weighted by molar-refractivity contribution is 5.84. The van der Waals surface area contributed by atoms with Gasteiger partial charge in [-0.3, -0.25) is 9.58 Å². The Balaban J connectivity index is 1.58. The summed E-state index contributed by atoms with van der Waals surface area (Å²) >= 11 is 0. The van der Waals surface area contributed by atoms with E-state index < -0.39 is 5.97 Å². The van der Waals surface area contributed by atoms with Gasteiger partial charge in [-0.2, -0.15) is 0 Å². The van der Waals surface area contributed by atoms with Crippen LogP contribution in [0.4, 0.5) is 0 Å². The third-order valence-electron chi connectivity index (χ3n) is 3.31. The van der Waals surface area contributed by atoms with Gasteiger partial charge in [0.15, 0.2) is 5.69 Å². The largest absolute Gasteiger partial charge is 0.476 e. The van der Waals surface area contributed by atoms with Crippen LogP contribution in [0.2, 0.25) is 0 Å². The first-order valence-electron chi connectivity index (χ1n) is 6.15. The molecule has 1 aliphatic rings. The van der Waals surface area contributed by atoms with Gasteiger partial charge in [-0.1, -0.05) is 29.5 Å². The zero-order valence-electron chi connectivity index (χ0n) is 10.4. The standard InChI is InChI=1S/C13H14N4O2/c18-13(19)12-9-17(15-14-12)6-5-16-7-10-3-1-2-4-11(10)8-16/h1-4,9H,5-8H2,(H,18,19). The SMILES string of the molecule is O=C(O)c1cn(CCN2Cc3ccccc3C2)nn1. The van der Waals surface area contributed by atoms with E-state index in [0.717, 1.165) is 19.6 Å². The normalized spacial score (nSPS) is 14.5. The zero-order chi connectivity index (χ0) is 13.2. The number of aromatic carboxylic acids is 1. The third kappa shape index (κ3) is 2.48. The molecule has 1 aromatic heterocycles. The molecule has 0 saturated heterocycles. The van der Waals surface area contributed by atoms with Crippen LogP contribution in [0.15, 0.2) is 30.5 Å². The van der Waals surface area contributed by atoms with Crippen molar-refractivity contribution in [2.24, 2.45) is 0 Å². The van der Waals surface area contributed by atoms with E-state index in [1.807, 2.05) is 0 Å². The van der Waals surface area contributed by atoms with Crippen LogP contribution in [-0.2, 0) is 19.6 Å². The first-order chi connectivity index (χ1) is 9.22. The fourth-order valence-corrected chi connectivity index (χ4v) is 2.31. The second-order valence-electron chi connectivity index (χ2n) is 4.65. The smallest absolute Gasteiger partial charge is 0.358 e. The molecule has 6 nitrogen and oxygen atoms in total. The van der Waals surface area contributed by atoms with Crippen molar-refractivity contribution >= 4 is 5.97 Å². The molecule has 0 unspecified atom stereocenters. The molecule has 98 valence electrons. The number of hydrogen-bond donors (Lipinski definition) is 1. The molecule has 0 aliphatic carbocycles. The average Bonchev–Trinajstić information content (AvgIpc) is 3.02. The van der Waals surface area contributed by atoms with E-state index in [4.69, 9.17) is 5.11 Å². The minimum Gasteiger partial charge on any atom is -0.476 e. The number of carbonyl (C=O) groups is 1. The molecule has 1 aliphatic heterocycles. The number of rotatable bonds is 4. The highest BCUT2D eigenvalue weighted by Gasteiger charge is 2.18. The van der Waals surface area contributed by atoms with Crippen LogP contribution >= 0.6 is 0 Å². The summed E-state index contributed by atoms with van der Waals surface area (Å²) < 4.78 is 1.58. The van der Waals surface area contributed by atoms with Crippen LogP contribution in [0.3, 0.4) is 0 Å². The van der Waals surface area contributed by atoms with Crippen molar-refractivity contribution in [1.29, 1.82) is 0 Å². The van der Waals surface area contributed by atoms with Gasteiger partial charge in [0.1, 0.15) is 0 Å². The van der Waals surface area contributed by atoms with E-state index in [2.05, 4.69) is 39.5 Å². The van der Waals surface area contributed by atoms with Crippen LogP contribution in [-0.4, -0.2) is 37.5 Å². The van der Waals surface area contributed by atoms with Crippen molar-refractivity contribution in [2.45, 2.75) is 19.6 Å². The van der Waals surface area contributed by atoms with Gasteiger partial charge in [0.2, 0.25) is 0 Å². The van der Waals surface area contributed by atoms with E-state index in [1.54, 1.807) is 4.68 Å². The monoisotopic (exact) mass is 258 g/mol. The van der Waals surface area contributed by atoms with Gasteiger partial charge in [-0.25, -0.2) is 4.79 Å². The minimum atomic E-state index is -1.04. The lowest BCUT2D eigenvalue weighted by molar-refractivity contribution is 0.0690. The molecule has 0 fully saturated rings. The Labute approximate surface area is 110 Å². The number of nitrogens with zero attached hydrogens (tertiary/aromatic N) is 4. The maximum absolute atomic E-state index is 10.7.